The predicted octanol–water partition coefficient (Wildman–Crippen LogP) is 7.06. The van der Waals surface area contributed by atoms with Crippen LogP contribution in [0, 0.1) is 28.4 Å². The molecule has 2 aromatic carbocycles. The smallest absolute Gasteiger partial charge is 0.243 e. The first-order chi connectivity index (χ1) is 18.7. The molecule has 0 aliphatic heterocycles. The lowest BCUT2D eigenvalue weighted by atomic mass is 9.64. The molecular formula is C30H38F2N4O3S. The molecule has 1 aliphatic carbocycles. The Hall–Kier alpha value is -3.24. The second-order valence-corrected chi connectivity index (χ2v) is 12.9. The second kappa shape index (κ2) is 12.1. The van der Waals surface area contributed by atoms with Gasteiger partial charge in [0.15, 0.2) is 0 Å². The number of hydrogen-bond donors (Lipinski definition) is 1. The van der Waals surface area contributed by atoms with Crippen LogP contribution in [-0.2, 0) is 14.8 Å². The van der Waals surface area contributed by atoms with Gasteiger partial charge in [-0.05, 0) is 77.6 Å². The van der Waals surface area contributed by atoms with Crippen molar-refractivity contribution in [1.29, 1.82) is 0 Å². The van der Waals surface area contributed by atoms with Crippen LogP contribution in [0.5, 0.6) is 0 Å². The fourth-order valence-electron chi connectivity index (χ4n) is 5.59. The Morgan fingerprint density at radius 2 is 1.75 bits per heavy atom. The van der Waals surface area contributed by atoms with Gasteiger partial charge >= 0.3 is 0 Å². The summed E-state index contributed by atoms with van der Waals surface area (Å²) in [6.45, 7) is 14.2. The number of rotatable bonds is 10. The van der Waals surface area contributed by atoms with Crippen molar-refractivity contribution in [3.63, 3.8) is 0 Å². The normalized spacial score (nSPS) is 21.2. The highest BCUT2D eigenvalue weighted by Crippen LogP contribution is 2.58. The Morgan fingerprint density at radius 1 is 1.15 bits per heavy atom. The molecule has 1 N–H and O–H groups in total. The molecule has 0 heterocycles. The van der Waals surface area contributed by atoms with Crippen molar-refractivity contribution >= 4 is 27.3 Å². The Balaban J connectivity index is 1.89. The third-order valence-corrected chi connectivity index (χ3v) is 10.2. The van der Waals surface area contributed by atoms with E-state index in [4.69, 9.17) is 0 Å². The van der Waals surface area contributed by atoms with Gasteiger partial charge in [-0.2, -0.15) is 14.5 Å². The van der Waals surface area contributed by atoms with Gasteiger partial charge in [-0.25, -0.2) is 17.2 Å². The van der Waals surface area contributed by atoms with Crippen LogP contribution < -0.4 is 5.32 Å². The first-order valence-corrected chi connectivity index (χ1v) is 14.6. The summed E-state index contributed by atoms with van der Waals surface area (Å²) in [7, 11) is -2.38. The van der Waals surface area contributed by atoms with Crippen LogP contribution in [0.2, 0.25) is 0 Å². The molecule has 1 fully saturated rings. The highest BCUT2D eigenvalue weighted by atomic mass is 32.2. The Labute approximate surface area is 236 Å². The molecule has 2 atom stereocenters. The number of nitrogens with one attached hydrogen (secondary N) is 1. The maximum absolute atomic E-state index is 14.5. The quantitative estimate of drug-likeness (QED) is 0.244. The van der Waals surface area contributed by atoms with E-state index in [1.807, 2.05) is 0 Å². The number of halogens is 2. The van der Waals surface area contributed by atoms with Gasteiger partial charge in [-0.15, -0.1) is 0 Å². The topological polar surface area (TPSA) is 91.2 Å². The lowest BCUT2D eigenvalue weighted by Crippen LogP contribution is -2.46. The summed E-state index contributed by atoms with van der Waals surface area (Å²) in [5.74, 6) is -1.81. The number of amides is 1. The number of allylic oxidation sites excluding steroid dienone is 2. The molecule has 1 saturated carbocycles. The third kappa shape index (κ3) is 6.23. The summed E-state index contributed by atoms with van der Waals surface area (Å²) in [5.41, 5.74) is 0.113. The van der Waals surface area contributed by atoms with Crippen LogP contribution in [0.1, 0.15) is 53.0 Å². The van der Waals surface area contributed by atoms with Gasteiger partial charge in [-0.3, -0.25) is 4.79 Å². The minimum Gasteiger partial charge on any atom is -0.326 e. The van der Waals surface area contributed by atoms with Crippen molar-refractivity contribution < 1.29 is 22.0 Å². The van der Waals surface area contributed by atoms with E-state index >= 15 is 0 Å². The Bertz CT molecular complexity index is 1420. The molecule has 40 heavy (non-hydrogen) atoms. The van der Waals surface area contributed by atoms with E-state index in [1.165, 1.54) is 48.6 Å². The zero-order valence-corrected chi connectivity index (χ0v) is 24.8. The number of carbonyl (C=O) groups excluding carboxylic acids is 1. The summed E-state index contributed by atoms with van der Waals surface area (Å²) >= 11 is 0. The summed E-state index contributed by atoms with van der Waals surface area (Å²) in [4.78, 5) is 11.5. The van der Waals surface area contributed by atoms with Crippen molar-refractivity contribution in [2.45, 2.75) is 52.4 Å². The molecule has 0 radical (unpaired) electrons. The van der Waals surface area contributed by atoms with Crippen LogP contribution in [0.3, 0.4) is 0 Å². The van der Waals surface area contributed by atoms with Gasteiger partial charge < -0.3 is 5.32 Å². The Morgan fingerprint density at radius 3 is 2.27 bits per heavy atom. The molecule has 3 rings (SSSR count). The number of carbonyl (C=O) groups is 1. The lowest BCUT2D eigenvalue weighted by molar-refractivity contribution is -0.114. The Kier molecular flexibility index (Phi) is 9.46. The fourth-order valence-corrected chi connectivity index (χ4v) is 7.17. The first kappa shape index (κ1) is 31.3. The maximum Gasteiger partial charge on any atom is 0.243 e. The number of benzene rings is 2. The second-order valence-electron chi connectivity index (χ2n) is 11.0. The largest absolute Gasteiger partial charge is 0.326 e. The summed E-state index contributed by atoms with van der Waals surface area (Å²) < 4.78 is 57.8. The molecule has 0 spiro atoms. The van der Waals surface area contributed by atoms with Gasteiger partial charge in [-0.1, -0.05) is 40.3 Å². The van der Waals surface area contributed by atoms with E-state index in [0.717, 1.165) is 12.8 Å². The molecule has 1 amide bonds. The van der Waals surface area contributed by atoms with Crippen molar-refractivity contribution in [1.82, 2.24) is 4.31 Å². The van der Waals surface area contributed by atoms with Gasteiger partial charge in [0, 0.05) is 32.7 Å². The molecule has 10 heteroatoms. The highest BCUT2D eigenvalue weighted by Gasteiger charge is 2.53. The van der Waals surface area contributed by atoms with E-state index in [9.17, 15) is 22.0 Å². The lowest BCUT2D eigenvalue weighted by Gasteiger charge is -2.44. The van der Waals surface area contributed by atoms with Gasteiger partial charge in [0.25, 0.3) is 0 Å². The average Bonchev–Trinajstić information content (AvgIpc) is 3.10. The molecular weight excluding hydrogens is 534 g/mol. The summed E-state index contributed by atoms with van der Waals surface area (Å²) in [6.07, 6.45) is 3.03. The third-order valence-electron chi connectivity index (χ3n) is 8.30. The number of azo groups is 1. The zero-order valence-electron chi connectivity index (χ0n) is 24.0. The van der Waals surface area contributed by atoms with E-state index < -0.39 is 32.5 Å². The number of hydrogen-bond acceptors (Lipinski definition) is 5. The fraction of sp³-hybridized carbons (Fsp3) is 0.433. The maximum atomic E-state index is 14.5. The molecule has 2 unspecified atom stereocenters. The number of anilines is 1. The first-order valence-electron chi connectivity index (χ1n) is 13.2. The zero-order chi connectivity index (χ0) is 29.9. The summed E-state index contributed by atoms with van der Waals surface area (Å²) in [5, 5.41) is 10.4. The summed E-state index contributed by atoms with van der Waals surface area (Å²) in [6, 6.07) is 9.76. The average molecular weight is 573 g/mol. The highest BCUT2D eigenvalue weighted by molar-refractivity contribution is 7.89. The molecule has 0 aromatic heterocycles. The SMILES string of the molecule is C=C(/C=C(\N=N/C)c1c(F)cccc1F)C1CCC(C)(CN(CC)S(=O)(=O)c2ccc(NC(C)=O)cc2)C1(C)C. The van der Waals surface area contributed by atoms with E-state index in [-0.39, 0.29) is 41.1 Å². The van der Waals surface area contributed by atoms with Gasteiger partial charge in [0.2, 0.25) is 15.9 Å². The number of nitrogens with zero attached hydrogens (tertiary/aromatic N) is 3. The van der Waals surface area contributed by atoms with E-state index in [2.05, 4.69) is 42.9 Å². The van der Waals surface area contributed by atoms with Crippen LogP contribution in [0.4, 0.5) is 14.5 Å². The van der Waals surface area contributed by atoms with Crippen LogP contribution >= 0.6 is 0 Å². The van der Waals surface area contributed by atoms with E-state index in [1.54, 1.807) is 25.1 Å². The van der Waals surface area contributed by atoms with Crippen LogP contribution in [0.25, 0.3) is 5.70 Å². The van der Waals surface area contributed by atoms with E-state index in [0.29, 0.717) is 11.3 Å². The van der Waals surface area contributed by atoms with Crippen LogP contribution in [0.15, 0.2) is 75.8 Å². The van der Waals surface area contributed by atoms with Gasteiger partial charge in [0.1, 0.15) is 11.6 Å². The monoisotopic (exact) mass is 572 g/mol. The minimum absolute atomic E-state index is 0.0491. The van der Waals surface area contributed by atoms with Crippen molar-refractivity contribution in [3.8, 4) is 0 Å². The molecule has 7 nitrogen and oxygen atoms in total. The van der Waals surface area contributed by atoms with Gasteiger partial charge in [0.05, 0.1) is 16.2 Å². The molecule has 1 aliphatic rings. The standard InChI is InChI=1S/C30H38F2N4O3S/c1-8-36(40(38,39)23-14-12-22(13-15-23)34-21(3)37)19-30(6)17-16-24(29(30,4)5)20(2)18-27(35-33-7)28-25(31)10-9-11-26(28)32/h9-15,18,24H,2,8,16-17,19H2,1,3-7H3,(H,34,37)/b27-18-,35-33-. The molecule has 216 valence electrons. The number of sulfonamides is 1. The molecule has 0 saturated heterocycles. The van der Waals surface area contributed by atoms with Crippen molar-refractivity contribution in [2.75, 3.05) is 25.5 Å². The minimum atomic E-state index is -3.81. The van der Waals surface area contributed by atoms with Crippen molar-refractivity contribution in [3.05, 3.63) is 77.9 Å². The van der Waals surface area contributed by atoms with Crippen molar-refractivity contribution in [2.24, 2.45) is 27.0 Å². The molecule has 2 aromatic rings. The predicted molar refractivity (Wildman–Crippen MR) is 154 cm³/mol. The van der Waals surface area contributed by atoms with Crippen LogP contribution in [-0.4, -0.2) is 38.8 Å². The molecule has 0 bridgehead atoms.